The van der Waals surface area contributed by atoms with Crippen LogP contribution in [-0.4, -0.2) is 37.8 Å². The number of benzene rings is 3. The van der Waals surface area contributed by atoms with Crippen molar-refractivity contribution in [2.75, 3.05) is 19.8 Å². The Morgan fingerprint density at radius 2 is 1.62 bits per heavy atom. The third kappa shape index (κ3) is 7.82. The van der Waals surface area contributed by atoms with Crippen LogP contribution >= 0.6 is 15.9 Å². The molecule has 0 atom stereocenters. The number of ether oxygens (including phenoxy) is 3. The molecule has 40 heavy (non-hydrogen) atoms. The second kappa shape index (κ2) is 14.5. The molecular formula is C32H32BrNO6. The van der Waals surface area contributed by atoms with Gasteiger partial charge in [-0.05, 0) is 66.3 Å². The fraction of sp³-hybridized carbons (Fsp3) is 0.281. The zero-order valence-electron chi connectivity index (χ0n) is 22.4. The lowest BCUT2D eigenvalue weighted by Crippen LogP contribution is -2.27. The second-order valence-corrected chi connectivity index (χ2v) is 10.2. The van der Waals surface area contributed by atoms with E-state index in [4.69, 9.17) is 14.2 Å². The molecule has 0 radical (unpaired) electrons. The van der Waals surface area contributed by atoms with Gasteiger partial charge in [0, 0.05) is 35.0 Å². The summed E-state index contributed by atoms with van der Waals surface area (Å²) in [6.45, 7) is 3.07. The molecule has 0 spiro atoms. The predicted molar refractivity (Wildman–Crippen MR) is 157 cm³/mol. The van der Waals surface area contributed by atoms with Crippen LogP contribution in [0.25, 0.3) is 17.2 Å². The lowest BCUT2D eigenvalue weighted by atomic mass is 9.98. The van der Waals surface area contributed by atoms with Crippen LogP contribution in [0.1, 0.15) is 55.2 Å². The molecule has 3 aromatic rings. The molecule has 0 fully saturated rings. The van der Waals surface area contributed by atoms with E-state index in [1.54, 1.807) is 12.1 Å². The van der Waals surface area contributed by atoms with Gasteiger partial charge in [0.1, 0.15) is 12.4 Å². The van der Waals surface area contributed by atoms with Crippen LogP contribution in [0.3, 0.4) is 0 Å². The number of hydrogen-bond acceptors (Lipinski definition) is 6. The van der Waals surface area contributed by atoms with Crippen molar-refractivity contribution in [3.05, 3.63) is 94.0 Å². The smallest absolute Gasteiger partial charge is 0.407 e. The maximum Gasteiger partial charge on any atom is 0.407 e. The molecule has 208 valence electrons. The van der Waals surface area contributed by atoms with Gasteiger partial charge in [-0.15, -0.1) is 0 Å². The monoisotopic (exact) mass is 605 g/mol. The summed E-state index contributed by atoms with van der Waals surface area (Å²) in [6, 6.07) is 21.8. The topological polar surface area (TPSA) is 90.9 Å². The second-order valence-electron chi connectivity index (χ2n) is 9.30. The summed E-state index contributed by atoms with van der Waals surface area (Å²) in [6.07, 6.45) is 4.33. The van der Waals surface area contributed by atoms with Crippen molar-refractivity contribution in [1.82, 2.24) is 5.32 Å². The van der Waals surface area contributed by atoms with E-state index in [0.717, 1.165) is 4.47 Å². The highest BCUT2D eigenvalue weighted by molar-refractivity contribution is 9.10. The minimum Gasteiger partial charge on any atom is -0.493 e. The van der Waals surface area contributed by atoms with Gasteiger partial charge in [-0.25, -0.2) is 9.59 Å². The van der Waals surface area contributed by atoms with Crippen LogP contribution in [0.2, 0.25) is 0 Å². The highest BCUT2D eigenvalue weighted by atomic mass is 79.9. The molecule has 1 N–H and O–H groups in total. The molecule has 0 saturated heterocycles. The molecule has 3 aromatic carbocycles. The van der Waals surface area contributed by atoms with E-state index in [1.807, 2.05) is 43.3 Å². The third-order valence-electron chi connectivity index (χ3n) is 6.56. The number of hydrogen-bond donors (Lipinski definition) is 1. The molecule has 4 rings (SSSR count). The number of esters is 2. The van der Waals surface area contributed by atoms with Gasteiger partial charge < -0.3 is 19.5 Å². The van der Waals surface area contributed by atoms with Gasteiger partial charge in [-0.2, -0.15) is 0 Å². The zero-order valence-corrected chi connectivity index (χ0v) is 23.9. The van der Waals surface area contributed by atoms with Crippen molar-refractivity contribution < 1.29 is 28.6 Å². The lowest BCUT2D eigenvalue weighted by molar-refractivity contribution is -0.156. The highest BCUT2D eigenvalue weighted by Crippen LogP contribution is 2.44. The first-order chi connectivity index (χ1) is 19.5. The maximum atomic E-state index is 12.3. The fourth-order valence-corrected chi connectivity index (χ4v) is 5.08. The average molecular weight is 607 g/mol. The van der Waals surface area contributed by atoms with Gasteiger partial charge in [-0.3, -0.25) is 4.79 Å². The number of carbonyl (C=O) groups excluding carboxylic acids is 3. The lowest BCUT2D eigenvalue weighted by Gasteiger charge is -2.14. The molecule has 8 heteroatoms. The summed E-state index contributed by atoms with van der Waals surface area (Å²) in [7, 11) is 0. The van der Waals surface area contributed by atoms with Crippen molar-refractivity contribution >= 4 is 40.0 Å². The molecule has 0 aliphatic heterocycles. The van der Waals surface area contributed by atoms with Gasteiger partial charge >= 0.3 is 18.0 Å². The summed E-state index contributed by atoms with van der Waals surface area (Å²) in [5.74, 6) is -0.668. The Morgan fingerprint density at radius 3 is 2.33 bits per heavy atom. The zero-order chi connectivity index (χ0) is 28.3. The van der Waals surface area contributed by atoms with E-state index >= 15 is 0 Å². The van der Waals surface area contributed by atoms with E-state index in [0.29, 0.717) is 43.7 Å². The van der Waals surface area contributed by atoms with E-state index < -0.39 is 18.0 Å². The first kappa shape index (κ1) is 29.1. The molecule has 0 bridgehead atoms. The number of alkyl carbamates (subject to hydrolysis) is 1. The Bertz CT molecular complexity index is 1340. The van der Waals surface area contributed by atoms with Gasteiger partial charge in [0.25, 0.3) is 0 Å². The number of carbonyl (C=O) groups is 3. The number of fused-ring (bicyclic) bond motifs is 3. The number of halogens is 1. The first-order valence-electron chi connectivity index (χ1n) is 13.4. The molecule has 0 unspecified atom stereocenters. The van der Waals surface area contributed by atoms with Gasteiger partial charge in [0.05, 0.1) is 6.61 Å². The Labute approximate surface area is 242 Å². The van der Waals surface area contributed by atoms with Crippen molar-refractivity contribution in [2.45, 2.75) is 38.5 Å². The molecule has 1 aliphatic carbocycles. The number of nitrogens with one attached hydrogen (secondary N) is 1. The third-order valence-corrected chi connectivity index (χ3v) is 7.05. The number of rotatable bonds is 12. The van der Waals surface area contributed by atoms with Crippen molar-refractivity contribution in [2.24, 2.45) is 0 Å². The minimum absolute atomic E-state index is 0.0167. The SMILES string of the molecule is CCOc1ccc(Br)cc1C=CC(=O)OC(=O)CCCCCNC(=O)OCC1c2ccccc2-c2ccccc21. The molecule has 1 amide bonds. The summed E-state index contributed by atoms with van der Waals surface area (Å²) in [5, 5.41) is 2.77. The summed E-state index contributed by atoms with van der Waals surface area (Å²) in [5.41, 5.74) is 5.40. The number of amides is 1. The van der Waals surface area contributed by atoms with Gasteiger partial charge in [0.15, 0.2) is 0 Å². The molecule has 0 heterocycles. The van der Waals surface area contributed by atoms with Crippen LogP contribution in [0.15, 0.2) is 77.3 Å². The predicted octanol–water partition coefficient (Wildman–Crippen LogP) is 7.03. The molecule has 0 saturated carbocycles. The quantitative estimate of drug-likeness (QED) is 0.103. The standard InChI is InChI=1S/C32H32BrNO6/c1-2-38-29-17-16-23(33)20-22(29)15-18-31(36)40-30(35)14-4-3-9-19-34-32(37)39-21-28-26-12-7-5-10-24(26)25-11-6-8-13-27(25)28/h5-8,10-13,15-18,20,28H,2-4,9,14,19,21H2,1H3,(H,34,37). The normalized spacial score (nSPS) is 12.1. The van der Waals surface area contributed by atoms with Crippen LogP contribution in [0.5, 0.6) is 5.75 Å². The van der Waals surface area contributed by atoms with Crippen molar-refractivity contribution in [3.63, 3.8) is 0 Å². The first-order valence-corrected chi connectivity index (χ1v) is 14.2. The summed E-state index contributed by atoms with van der Waals surface area (Å²) >= 11 is 3.39. The maximum absolute atomic E-state index is 12.3. The van der Waals surface area contributed by atoms with E-state index in [1.165, 1.54) is 28.3 Å². The summed E-state index contributed by atoms with van der Waals surface area (Å²) in [4.78, 5) is 36.3. The van der Waals surface area contributed by atoms with Gasteiger partial charge in [-0.1, -0.05) is 70.9 Å². The van der Waals surface area contributed by atoms with Crippen LogP contribution in [0, 0.1) is 0 Å². The Balaban J connectivity index is 1.11. The van der Waals surface area contributed by atoms with E-state index in [-0.39, 0.29) is 18.9 Å². The Hall–Kier alpha value is -3.91. The van der Waals surface area contributed by atoms with Crippen LogP contribution in [0.4, 0.5) is 4.79 Å². The largest absolute Gasteiger partial charge is 0.493 e. The Kier molecular flexibility index (Phi) is 10.5. The van der Waals surface area contributed by atoms with Gasteiger partial charge in [0.2, 0.25) is 0 Å². The highest BCUT2D eigenvalue weighted by Gasteiger charge is 2.28. The molecule has 0 aromatic heterocycles. The van der Waals surface area contributed by atoms with Crippen LogP contribution in [-0.2, 0) is 19.1 Å². The van der Waals surface area contributed by atoms with Crippen molar-refractivity contribution in [3.8, 4) is 16.9 Å². The van der Waals surface area contributed by atoms with Crippen molar-refractivity contribution in [1.29, 1.82) is 0 Å². The fourth-order valence-electron chi connectivity index (χ4n) is 4.70. The van der Waals surface area contributed by atoms with E-state index in [9.17, 15) is 14.4 Å². The molecule has 1 aliphatic rings. The summed E-state index contributed by atoms with van der Waals surface area (Å²) < 4.78 is 16.8. The molecular weight excluding hydrogens is 574 g/mol. The average Bonchev–Trinajstić information content (AvgIpc) is 3.27. The number of unbranched alkanes of at least 4 members (excludes halogenated alkanes) is 2. The Morgan fingerprint density at radius 1 is 0.925 bits per heavy atom. The minimum atomic E-state index is -0.732. The van der Waals surface area contributed by atoms with E-state index in [2.05, 4.69) is 45.5 Å². The van der Waals surface area contributed by atoms with Crippen LogP contribution < -0.4 is 10.1 Å². The molecule has 7 nitrogen and oxygen atoms in total.